The number of ether oxygens (including phenoxy) is 1. The van der Waals surface area contributed by atoms with Gasteiger partial charge in [-0.2, -0.15) is 0 Å². The van der Waals surface area contributed by atoms with E-state index in [2.05, 4.69) is 10.2 Å². The van der Waals surface area contributed by atoms with E-state index in [0.29, 0.717) is 30.4 Å². The number of piperidine rings is 2. The van der Waals surface area contributed by atoms with Gasteiger partial charge in [0.25, 0.3) is 11.8 Å². The molecule has 5 rings (SSSR count). The molecule has 4 amide bonds. The summed E-state index contributed by atoms with van der Waals surface area (Å²) < 4.78 is 5.47. The Morgan fingerprint density at radius 2 is 1.69 bits per heavy atom. The van der Waals surface area contributed by atoms with Crippen LogP contribution in [0.2, 0.25) is 0 Å². The number of hydrogen-bond donors (Lipinski definition) is 2. The van der Waals surface area contributed by atoms with Crippen molar-refractivity contribution in [1.82, 2.24) is 15.1 Å². The second kappa shape index (κ2) is 9.44. The van der Waals surface area contributed by atoms with Crippen LogP contribution in [0.25, 0.3) is 0 Å². The normalized spacial score (nSPS) is 29.3. The number of amides is 4. The molecule has 1 unspecified atom stereocenters. The van der Waals surface area contributed by atoms with Crippen LogP contribution >= 0.6 is 0 Å². The SMILES string of the molecule is CO[C@H]1CC[C@H](CN2CCC(O)(c3ccc4c(c3)C(=O)N(C3CCC(=O)NC3=O)C4=O)CC2)CC1. The molecule has 1 aromatic rings. The molecule has 1 aromatic carbocycles. The van der Waals surface area contributed by atoms with Gasteiger partial charge in [-0.3, -0.25) is 29.4 Å². The molecule has 2 N–H and O–H groups in total. The van der Waals surface area contributed by atoms with Gasteiger partial charge in [-0.05, 0) is 68.6 Å². The molecule has 9 heteroatoms. The van der Waals surface area contributed by atoms with Crippen LogP contribution in [0.4, 0.5) is 0 Å². The largest absolute Gasteiger partial charge is 0.385 e. The van der Waals surface area contributed by atoms with Crippen LogP contribution in [0.1, 0.15) is 77.6 Å². The van der Waals surface area contributed by atoms with Crippen LogP contribution < -0.4 is 5.32 Å². The van der Waals surface area contributed by atoms with Crippen LogP contribution in [0.3, 0.4) is 0 Å². The molecule has 1 atom stereocenters. The van der Waals surface area contributed by atoms with E-state index in [1.165, 1.54) is 12.8 Å². The summed E-state index contributed by atoms with van der Waals surface area (Å²) in [7, 11) is 1.78. The smallest absolute Gasteiger partial charge is 0.262 e. The van der Waals surface area contributed by atoms with Gasteiger partial charge in [-0.15, -0.1) is 0 Å². The maximum Gasteiger partial charge on any atom is 0.262 e. The Labute approximate surface area is 204 Å². The molecular formula is C26H33N3O6. The van der Waals surface area contributed by atoms with Gasteiger partial charge in [0.05, 0.1) is 22.8 Å². The summed E-state index contributed by atoms with van der Waals surface area (Å²) in [6.45, 7) is 2.57. The molecule has 9 nitrogen and oxygen atoms in total. The van der Waals surface area contributed by atoms with Gasteiger partial charge in [0, 0.05) is 33.2 Å². The summed E-state index contributed by atoms with van der Waals surface area (Å²) >= 11 is 0. The Kier molecular flexibility index (Phi) is 6.50. The second-order valence-corrected chi connectivity index (χ2v) is 10.4. The highest BCUT2D eigenvalue weighted by Gasteiger charge is 2.45. The van der Waals surface area contributed by atoms with Crippen molar-refractivity contribution in [3.63, 3.8) is 0 Å². The Balaban J connectivity index is 1.24. The van der Waals surface area contributed by atoms with Crippen molar-refractivity contribution in [2.24, 2.45) is 5.92 Å². The van der Waals surface area contributed by atoms with Gasteiger partial charge in [0.1, 0.15) is 6.04 Å². The summed E-state index contributed by atoms with van der Waals surface area (Å²) in [5.41, 5.74) is 0.00633. The number of benzene rings is 1. The fourth-order valence-corrected chi connectivity index (χ4v) is 6.07. The number of likely N-dealkylation sites (tertiary alicyclic amines) is 1. The first-order valence-corrected chi connectivity index (χ1v) is 12.6. The fraction of sp³-hybridized carbons (Fsp3) is 0.615. The lowest BCUT2D eigenvalue weighted by atomic mass is 9.82. The highest BCUT2D eigenvalue weighted by atomic mass is 16.5. The van der Waals surface area contributed by atoms with Crippen LogP contribution in [-0.4, -0.2) is 77.4 Å². The number of aliphatic hydroxyl groups is 1. The number of carbonyl (C=O) groups excluding carboxylic acids is 4. The molecule has 0 radical (unpaired) electrons. The van der Waals surface area contributed by atoms with Crippen molar-refractivity contribution in [2.75, 3.05) is 26.7 Å². The van der Waals surface area contributed by atoms with E-state index in [-0.39, 0.29) is 24.0 Å². The minimum absolute atomic E-state index is 0.0825. The first kappa shape index (κ1) is 24.1. The molecule has 4 aliphatic rings. The number of nitrogens with one attached hydrogen (secondary N) is 1. The number of carbonyl (C=O) groups is 4. The maximum atomic E-state index is 13.1. The Morgan fingerprint density at radius 3 is 2.34 bits per heavy atom. The van der Waals surface area contributed by atoms with Crippen molar-refractivity contribution in [1.29, 1.82) is 0 Å². The van der Waals surface area contributed by atoms with Crippen LogP contribution in [-0.2, 0) is 19.9 Å². The lowest BCUT2D eigenvalue weighted by molar-refractivity contribution is -0.136. The summed E-state index contributed by atoms with van der Waals surface area (Å²) in [5, 5.41) is 13.7. The molecular weight excluding hydrogens is 450 g/mol. The summed E-state index contributed by atoms with van der Waals surface area (Å²) in [6.07, 6.45) is 6.25. The number of imide groups is 2. The van der Waals surface area contributed by atoms with Gasteiger partial charge >= 0.3 is 0 Å². The minimum Gasteiger partial charge on any atom is -0.385 e. The third-order valence-electron chi connectivity index (χ3n) is 8.30. The number of fused-ring (bicyclic) bond motifs is 1. The Bertz CT molecular complexity index is 1040. The van der Waals surface area contributed by atoms with E-state index < -0.39 is 35.3 Å². The second-order valence-electron chi connectivity index (χ2n) is 10.4. The van der Waals surface area contributed by atoms with E-state index in [1.54, 1.807) is 25.3 Å². The Hall–Kier alpha value is -2.62. The molecule has 3 aliphatic heterocycles. The Morgan fingerprint density at radius 1 is 1.00 bits per heavy atom. The summed E-state index contributed by atoms with van der Waals surface area (Å²) in [5.74, 6) is -1.45. The number of rotatable bonds is 5. The molecule has 2 saturated heterocycles. The molecule has 0 bridgehead atoms. The number of methoxy groups -OCH3 is 1. The van der Waals surface area contributed by atoms with Crippen molar-refractivity contribution < 1.29 is 29.0 Å². The molecule has 1 saturated carbocycles. The third-order valence-corrected chi connectivity index (χ3v) is 8.30. The molecule has 1 aliphatic carbocycles. The van der Waals surface area contributed by atoms with E-state index in [4.69, 9.17) is 4.74 Å². The van der Waals surface area contributed by atoms with Gasteiger partial charge < -0.3 is 14.7 Å². The van der Waals surface area contributed by atoms with Crippen molar-refractivity contribution >= 4 is 23.6 Å². The van der Waals surface area contributed by atoms with Crippen LogP contribution in [0.15, 0.2) is 18.2 Å². The average molecular weight is 484 g/mol. The molecule has 0 spiro atoms. The first-order valence-electron chi connectivity index (χ1n) is 12.6. The molecule has 3 heterocycles. The highest BCUT2D eigenvalue weighted by molar-refractivity contribution is 6.23. The summed E-state index contributed by atoms with van der Waals surface area (Å²) in [4.78, 5) is 53.2. The first-order chi connectivity index (χ1) is 16.8. The zero-order chi connectivity index (χ0) is 24.7. The zero-order valence-electron chi connectivity index (χ0n) is 20.1. The topological polar surface area (TPSA) is 116 Å². The van der Waals surface area contributed by atoms with E-state index >= 15 is 0 Å². The average Bonchev–Trinajstić information content (AvgIpc) is 3.11. The standard InChI is InChI=1S/C26H33N3O6/c1-35-18-5-2-16(3-6-18)15-28-12-10-26(34,11-13-28)17-4-7-19-20(14-17)25(33)29(24(19)32)21-8-9-22(30)27-23(21)31/h4,7,14,16,18,21,34H,2-3,5-6,8-13,15H2,1H3,(H,27,30,31)/t16-,18-,21?. The fourth-order valence-electron chi connectivity index (χ4n) is 6.07. The van der Waals surface area contributed by atoms with Gasteiger partial charge in [-0.25, -0.2) is 0 Å². The lowest BCUT2D eigenvalue weighted by Crippen LogP contribution is -2.54. The van der Waals surface area contributed by atoms with E-state index in [9.17, 15) is 24.3 Å². The molecule has 35 heavy (non-hydrogen) atoms. The van der Waals surface area contributed by atoms with Crippen LogP contribution in [0.5, 0.6) is 0 Å². The van der Waals surface area contributed by atoms with Gasteiger partial charge in [-0.1, -0.05) is 6.07 Å². The zero-order valence-corrected chi connectivity index (χ0v) is 20.1. The van der Waals surface area contributed by atoms with E-state index in [0.717, 1.165) is 37.4 Å². The van der Waals surface area contributed by atoms with E-state index in [1.807, 2.05) is 0 Å². The number of hydrogen-bond acceptors (Lipinski definition) is 7. The minimum atomic E-state index is -1.06. The molecule has 188 valence electrons. The maximum absolute atomic E-state index is 13.1. The quantitative estimate of drug-likeness (QED) is 0.611. The van der Waals surface area contributed by atoms with Crippen LogP contribution in [0, 0.1) is 5.92 Å². The van der Waals surface area contributed by atoms with Crippen molar-refractivity contribution in [3.8, 4) is 0 Å². The lowest BCUT2D eigenvalue weighted by Gasteiger charge is -2.40. The van der Waals surface area contributed by atoms with Gasteiger partial charge in [0.15, 0.2) is 0 Å². The van der Waals surface area contributed by atoms with Crippen molar-refractivity contribution in [3.05, 3.63) is 34.9 Å². The third kappa shape index (κ3) is 4.52. The molecule has 0 aromatic heterocycles. The van der Waals surface area contributed by atoms with Crippen molar-refractivity contribution in [2.45, 2.75) is 69.1 Å². The number of nitrogens with zero attached hydrogens (tertiary/aromatic N) is 2. The predicted octanol–water partition coefficient (Wildman–Crippen LogP) is 1.58. The highest BCUT2D eigenvalue weighted by Crippen LogP contribution is 2.37. The predicted molar refractivity (Wildman–Crippen MR) is 125 cm³/mol. The summed E-state index contributed by atoms with van der Waals surface area (Å²) in [6, 6.07) is 3.92. The molecule has 3 fully saturated rings. The van der Waals surface area contributed by atoms with Gasteiger partial charge in [0.2, 0.25) is 11.8 Å². The monoisotopic (exact) mass is 483 g/mol.